The Balaban J connectivity index is 1.44. The van der Waals surface area contributed by atoms with E-state index in [0.29, 0.717) is 17.1 Å². The Morgan fingerprint density at radius 1 is 1.32 bits per heavy atom. The largest absolute Gasteiger partial charge is 0.508 e. The molecule has 2 atom stereocenters. The van der Waals surface area contributed by atoms with Gasteiger partial charge >= 0.3 is 0 Å². The number of aryl methyl sites for hydroxylation is 2. The fourth-order valence-electron chi connectivity index (χ4n) is 5.66. The standard InChI is InChI=1S/C29H33N7O2/c1-4-18-8-21(37)5-6-24(18)35-28(30)23-13-34-36-14-19(22-12-32-26(38-3)7-17(22)2)9-25(36)27(23)33-16-29-10-20(29)11-31-15-29/h5-9,12-14,20,31,33,37H,4,10-11,15-16H2,1-3H3,(H2,30,35)/t20-,29+/m1/s1. The molecule has 0 spiro atoms. The zero-order valence-electron chi connectivity index (χ0n) is 22.0. The zero-order valence-corrected chi connectivity index (χ0v) is 22.0. The quantitative estimate of drug-likeness (QED) is 0.208. The number of anilines is 1. The molecule has 38 heavy (non-hydrogen) atoms. The van der Waals surface area contributed by atoms with Crippen LogP contribution in [0, 0.1) is 18.3 Å². The molecule has 0 bridgehead atoms. The van der Waals surface area contributed by atoms with Gasteiger partial charge in [0.1, 0.15) is 11.6 Å². The minimum atomic E-state index is 0.220. The third kappa shape index (κ3) is 4.22. The average molecular weight is 512 g/mol. The average Bonchev–Trinajstić information content (AvgIpc) is 3.22. The van der Waals surface area contributed by atoms with E-state index < -0.39 is 0 Å². The molecule has 6 rings (SSSR count). The molecule has 4 heterocycles. The van der Waals surface area contributed by atoms with Crippen molar-refractivity contribution in [2.24, 2.45) is 22.1 Å². The van der Waals surface area contributed by atoms with Crippen LogP contribution in [0.15, 0.2) is 53.9 Å². The van der Waals surface area contributed by atoms with Gasteiger partial charge in [-0.15, -0.1) is 0 Å². The number of hydrogen-bond donors (Lipinski definition) is 4. The number of nitrogens with zero attached hydrogens (tertiary/aromatic N) is 4. The summed E-state index contributed by atoms with van der Waals surface area (Å²) in [6.07, 6.45) is 7.60. The molecule has 0 amide bonds. The van der Waals surface area contributed by atoms with Crippen LogP contribution in [-0.4, -0.2) is 52.3 Å². The number of nitrogens with one attached hydrogen (secondary N) is 2. The van der Waals surface area contributed by atoms with Gasteiger partial charge in [0.15, 0.2) is 0 Å². The van der Waals surface area contributed by atoms with Gasteiger partial charge in [-0.25, -0.2) is 14.5 Å². The molecule has 1 saturated carbocycles. The van der Waals surface area contributed by atoms with E-state index in [2.05, 4.69) is 21.7 Å². The van der Waals surface area contributed by atoms with Gasteiger partial charge in [-0.2, -0.15) is 5.10 Å². The second-order valence-electron chi connectivity index (χ2n) is 10.4. The topological polar surface area (TPSA) is 122 Å². The highest BCUT2D eigenvalue weighted by Gasteiger charge is 2.56. The zero-order chi connectivity index (χ0) is 26.4. The summed E-state index contributed by atoms with van der Waals surface area (Å²) in [6.45, 7) is 7.05. The number of benzene rings is 1. The number of rotatable bonds is 8. The second kappa shape index (κ2) is 9.33. The molecule has 0 radical (unpaired) electrons. The molecule has 2 fully saturated rings. The molecule has 1 aromatic carbocycles. The van der Waals surface area contributed by atoms with Gasteiger partial charge in [-0.3, -0.25) is 0 Å². The number of aromatic nitrogens is 3. The van der Waals surface area contributed by atoms with Crippen molar-refractivity contribution in [3.63, 3.8) is 0 Å². The number of amidine groups is 1. The number of phenols is 1. The smallest absolute Gasteiger partial charge is 0.213 e. The van der Waals surface area contributed by atoms with Crippen molar-refractivity contribution in [3.05, 3.63) is 65.6 Å². The first-order chi connectivity index (χ1) is 18.4. The van der Waals surface area contributed by atoms with Gasteiger partial charge in [0.2, 0.25) is 5.88 Å². The molecular weight excluding hydrogens is 478 g/mol. The monoisotopic (exact) mass is 511 g/mol. The number of ether oxygens (including phenoxy) is 1. The van der Waals surface area contributed by atoms with E-state index in [9.17, 15) is 5.11 Å². The molecule has 9 heteroatoms. The maximum absolute atomic E-state index is 9.91. The Kier molecular flexibility index (Phi) is 5.95. The number of nitrogens with two attached hydrogens (primary N) is 1. The molecule has 196 valence electrons. The number of aromatic hydroxyl groups is 1. The molecule has 2 aliphatic rings. The van der Waals surface area contributed by atoms with E-state index >= 15 is 0 Å². The van der Waals surface area contributed by atoms with E-state index in [0.717, 1.165) is 76.7 Å². The Morgan fingerprint density at radius 2 is 2.18 bits per heavy atom. The highest BCUT2D eigenvalue weighted by Crippen LogP contribution is 2.54. The summed E-state index contributed by atoms with van der Waals surface area (Å²) in [7, 11) is 1.62. The number of phenolic OH excluding ortho intramolecular Hbond substituents is 1. The first-order valence-corrected chi connectivity index (χ1v) is 13.0. The number of pyridine rings is 1. The van der Waals surface area contributed by atoms with Crippen LogP contribution in [0.5, 0.6) is 11.6 Å². The fraction of sp³-hybridized carbons (Fsp3) is 0.345. The lowest BCUT2D eigenvalue weighted by Gasteiger charge is -2.18. The number of piperidine rings is 1. The van der Waals surface area contributed by atoms with Crippen LogP contribution in [-0.2, 0) is 6.42 Å². The highest BCUT2D eigenvalue weighted by molar-refractivity contribution is 6.06. The SMILES string of the molecule is CCc1cc(O)ccc1N=C(N)c1cnn2cc(-c3cnc(OC)cc3C)cc2c1NC[C@]12CNC[C@H]1C2. The van der Waals surface area contributed by atoms with E-state index in [-0.39, 0.29) is 5.75 Å². The first-order valence-electron chi connectivity index (χ1n) is 13.0. The summed E-state index contributed by atoms with van der Waals surface area (Å²) in [5.41, 5.74) is 14.3. The van der Waals surface area contributed by atoms with Crippen LogP contribution in [0.2, 0.25) is 0 Å². The van der Waals surface area contributed by atoms with Gasteiger partial charge < -0.3 is 26.2 Å². The van der Waals surface area contributed by atoms with Crippen molar-refractivity contribution in [3.8, 4) is 22.8 Å². The molecule has 1 saturated heterocycles. The molecule has 1 aliphatic carbocycles. The van der Waals surface area contributed by atoms with Gasteiger partial charge in [0.25, 0.3) is 0 Å². The number of hydrogen-bond acceptors (Lipinski definition) is 7. The summed E-state index contributed by atoms with van der Waals surface area (Å²) in [5, 5.41) is 21.9. The molecule has 0 unspecified atom stereocenters. The predicted molar refractivity (Wildman–Crippen MR) is 149 cm³/mol. The maximum Gasteiger partial charge on any atom is 0.213 e. The molecule has 4 aromatic rings. The molecule has 1 aliphatic heterocycles. The van der Waals surface area contributed by atoms with Crippen LogP contribution >= 0.6 is 0 Å². The van der Waals surface area contributed by atoms with Crippen LogP contribution in [0.1, 0.15) is 30.0 Å². The van der Waals surface area contributed by atoms with Gasteiger partial charge in [0.05, 0.1) is 35.8 Å². The number of fused-ring (bicyclic) bond motifs is 2. The normalized spacial score (nSPS) is 20.5. The first kappa shape index (κ1) is 24.2. The van der Waals surface area contributed by atoms with E-state index in [4.69, 9.17) is 20.6 Å². The minimum Gasteiger partial charge on any atom is -0.508 e. The predicted octanol–water partition coefficient (Wildman–Crippen LogP) is 4.04. The second-order valence-corrected chi connectivity index (χ2v) is 10.4. The van der Waals surface area contributed by atoms with Crippen molar-refractivity contribution in [2.45, 2.75) is 26.7 Å². The molecule has 5 N–H and O–H groups in total. The van der Waals surface area contributed by atoms with Crippen molar-refractivity contribution >= 4 is 22.7 Å². The highest BCUT2D eigenvalue weighted by atomic mass is 16.5. The Morgan fingerprint density at radius 3 is 2.89 bits per heavy atom. The maximum atomic E-state index is 9.91. The summed E-state index contributed by atoms with van der Waals surface area (Å²) in [4.78, 5) is 9.19. The van der Waals surface area contributed by atoms with Crippen LogP contribution < -0.4 is 21.1 Å². The van der Waals surface area contributed by atoms with Gasteiger partial charge in [-0.1, -0.05) is 6.92 Å². The molecular formula is C29H33N7O2. The summed E-state index contributed by atoms with van der Waals surface area (Å²) in [5.74, 6) is 1.91. The Labute approximate surface area is 221 Å². The van der Waals surface area contributed by atoms with E-state index in [1.165, 1.54) is 6.42 Å². The third-order valence-corrected chi connectivity index (χ3v) is 8.05. The van der Waals surface area contributed by atoms with Crippen LogP contribution in [0.25, 0.3) is 16.6 Å². The fourth-order valence-corrected chi connectivity index (χ4v) is 5.66. The van der Waals surface area contributed by atoms with Crippen LogP contribution in [0.3, 0.4) is 0 Å². The molecule has 9 nitrogen and oxygen atoms in total. The molecule has 3 aromatic heterocycles. The lowest BCUT2D eigenvalue weighted by atomic mass is 10.0. The third-order valence-electron chi connectivity index (χ3n) is 8.05. The van der Waals surface area contributed by atoms with E-state index in [1.54, 1.807) is 31.5 Å². The van der Waals surface area contributed by atoms with Crippen molar-refractivity contribution in [1.82, 2.24) is 19.9 Å². The Hall–Kier alpha value is -4.11. The van der Waals surface area contributed by atoms with Gasteiger partial charge in [0, 0.05) is 48.1 Å². The summed E-state index contributed by atoms with van der Waals surface area (Å²) >= 11 is 0. The Bertz CT molecular complexity index is 1560. The summed E-state index contributed by atoms with van der Waals surface area (Å²) < 4.78 is 7.17. The van der Waals surface area contributed by atoms with E-state index in [1.807, 2.05) is 36.8 Å². The minimum absolute atomic E-state index is 0.220. The number of methoxy groups -OCH3 is 1. The van der Waals surface area contributed by atoms with Crippen molar-refractivity contribution < 1.29 is 9.84 Å². The van der Waals surface area contributed by atoms with Crippen LogP contribution in [0.4, 0.5) is 11.4 Å². The number of aliphatic imine (C=N–C) groups is 1. The van der Waals surface area contributed by atoms with Crippen molar-refractivity contribution in [2.75, 3.05) is 32.1 Å². The summed E-state index contributed by atoms with van der Waals surface area (Å²) in [6, 6.07) is 9.22. The lowest BCUT2D eigenvalue weighted by molar-refractivity contribution is 0.397. The lowest BCUT2D eigenvalue weighted by Crippen LogP contribution is -2.25. The van der Waals surface area contributed by atoms with Crippen molar-refractivity contribution in [1.29, 1.82) is 0 Å². The van der Waals surface area contributed by atoms with Gasteiger partial charge in [-0.05, 0) is 67.6 Å².